The van der Waals surface area contributed by atoms with Crippen LogP contribution in [0.4, 0.5) is 0 Å². The summed E-state index contributed by atoms with van der Waals surface area (Å²) < 4.78 is 0. The number of hydrogen-bond acceptors (Lipinski definition) is 3. The monoisotopic (exact) mass is 240 g/mol. The molecule has 0 saturated carbocycles. The van der Waals surface area contributed by atoms with E-state index in [1.54, 1.807) is 0 Å². The molecule has 0 bridgehead atoms. The zero-order chi connectivity index (χ0) is 12.9. The molecular formula is C13H24N2O2. The van der Waals surface area contributed by atoms with Gasteiger partial charge in [-0.1, -0.05) is 20.8 Å². The first-order valence-corrected chi connectivity index (χ1v) is 6.36. The van der Waals surface area contributed by atoms with E-state index in [1.165, 1.54) is 0 Å². The van der Waals surface area contributed by atoms with Crippen LogP contribution in [0.25, 0.3) is 0 Å². The lowest BCUT2D eigenvalue weighted by atomic mass is 9.90. The minimum Gasteiger partial charge on any atom is -0.340 e. The van der Waals surface area contributed by atoms with Crippen LogP contribution >= 0.6 is 0 Å². The van der Waals surface area contributed by atoms with Crippen molar-refractivity contribution in [1.82, 2.24) is 9.80 Å². The highest BCUT2D eigenvalue weighted by Gasteiger charge is 2.22. The molecule has 1 aliphatic heterocycles. The van der Waals surface area contributed by atoms with Gasteiger partial charge in [-0.25, -0.2) is 0 Å². The van der Waals surface area contributed by atoms with Crippen molar-refractivity contribution in [2.75, 3.05) is 32.7 Å². The summed E-state index contributed by atoms with van der Waals surface area (Å²) in [5, 5.41) is 0. The van der Waals surface area contributed by atoms with Crippen LogP contribution in [-0.4, -0.2) is 54.7 Å². The Morgan fingerprint density at radius 3 is 2.24 bits per heavy atom. The number of carbonyl (C=O) groups excluding carboxylic acids is 2. The summed E-state index contributed by atoms with van der Waals surface area (Å²) in [6, 6.07) is 0. The fraction of sp³-hybridized carbons (Fsp3) is 0.846. The molecule has 1 aliphatic rings. The van der Waals surface area contributed by atoms with Gasteiger partial charge < -0.3 is 9.69 Å². The van der Waals surface area contributed by atoms with Gasteiger partial charge >= 0.3 is 0 Å². The number of amides is 1. The molecule has 1 amide bonds. The summed E-state index contributed by atoms with van der Waals surface area (Å²) in [5.74, 6) is 0.255. The van der Waals surface area contributed by atoms with Crippen LogP contribution in [0.15, 0.2) is 0 Å². The van der Waals surface area contributed by atoms with Gasteiger partial charge in [0.05, 0.1) is 6.54 Å². The molecule has 1 saturated heterocycles. The van der Waals surface area contributed by atoms with Gasteiger partial charge in [-0.3, -0.25) is 9.69 Å². The van der Waals surface area contributed by atoms with E-state index in [2.05, 4.69) is 25.7 Å². The van der Waals surface area contributed by atoms with Crippen LogP contribution in [-0.2, 0) is 9.59 Å². The van der Waals surface area contributed by atoms with Crippen molar-refractivity contribution >= 4 is 12.2 Å². The van der Waals surface area contributed by atoms with Gasteiger partial charge in [0.2, 0.25) is 5.91 Å². The average Bonchev–Trinajstić information content (AvgIpc) is 2.26. The first-order chi connectivity index (χ1) is 7.92. The van der Waals surface area contributed by atoms with E-state index in [1.807, 2.05) is 4.90 Å². The summed E-state index contributed by atoms with van der Waals surface area (Å²) in [6.07, 6.45) is 2.49. The molecule has 0 radical (unpaired) electrons. The average molecular weight is 240 g/mol. The van der Waals surface area contributed by atoms with E-state index in [-0.39, 0.29) is 11.3 Å². The smallest absolute Gasteiger partial charge is 0.222 e. The van der Waals surface area contributed by atoms with Gasteiger partial charge in [-0.2, -0.15) is 0 Å². The van der Waals surface area contributed by atoms with Crippen LogP contribution < -0.4 is 0 Å². The van der Waals surface area contributed by atoms with Gasteiger partial charge in [0.15, 0.2) is 0 Å². The molecule has 0 spiro atoms. The SMILES string of the molecule is CC(C)(C)CCC(=O)N1CCN(CC=O)CC1. The maximum atomic E-state index is 11.9. The van der Waals surface area contributed by atoms with E-state index >= 15 is 0 Å². The van der Waals surface area contributed by atoms with E-state index in [0.29, 0.717) is 13.0 Å². The van der Waals surface area contributed by atoms with Crippen LogP contribution in [0.5, 0.6) is 0 Å². The molecule has 0 aromatic rings. The third kappa shape index (κ3) is 5.31. The molecule has 0 aliphatic carbocycles. The molecule has 0 atom stereocenters. The molecule has 1 heterocycles. The van der Waals surface area contributed by atoms with Gasteiger partial charge in [0, 0.05) is 32.6 Å². The van der Waals surface area contributed by atoms with E-state index in [4.69, 9.17) is 0 Å². The second-order valence-corrected chi connectivity index (χ2v) is 5.91. The lowest BCUT2D eigenvalue weighted by Crippen LogP contribution is -2.49. The Morgan fingerprint density at radius 1 is 1.18 bits per heavy atom. The van der Waals surface area contributed by atoms with Crippen molar-refractivity contribution in [3.63, 3.8) is 0 Å². The third-order valence-corrected chi connectivity index (χ3v) is 3.15. The highest BCUT2D eigenvalue weighted by atomic mass is 16.2. The molecule has 17 heavy (non-hydrogen) atoms. The Balaban J connectivity index is 2.28. The first kappa shape index (κ1) is 14.2. The Labute approximate surface area is 104 Å². The Hall–Kier alpha value is -0.900. The highest BCUT2D eigenvalue weighted by molar-refractivity contribution is 5.76. The normalized spacial score (nSPS) is 18.2. The number of nitrogens with zero attached hydrogens (tertiary/aromatic N) is 2. The van der Waals surface area contributed by atoms with Gasteiger partial charge in [0.25, 0.3) is 0 Å². The number of carbonyl (C=O) groups is 2. The molecule has 1 rings (SSSR count). The summed E-state index contributed by atoms with van der Waals surface area (Å²) in [7, 11) is 0. The second kappa shape index (κ2) is 6.15. The first-order valence-electron chi connectivity index (χ1n) is 6.36. The molecular weight excluding hydrogens is 216 g/mol. The zero-order valence-corrected chi connectivity index (χ0v) is 11.2. The predicted octanol–water partition coefficient (Wildman–Crippen LogP) is 1.16. The summed E-state index contributed by atoms with van der Waals surface area (Å²) in [4.78, 5) is 26.3. The van der Waals surface area contributed by atoms with Crippen LogP contribution in [0.3, 0.4) is 0 Å². The Kier molecular flexibility index (Phi) is 5.12. The molecule has 0 unspecified atom stereocenters. The predicted molar refractivity (Wildman–Crippen MR) is 67.8 cm³/mol. The maximum absolute atomic E-state index is 11.9. The second-order valence-electron chi connectivity index (χ2n) is 5.91. The highest BCUT2D eigenvalue weighted by Crippen LogP contribution is 2.21. The Morgan fingerprint density at radius 2 is 1.76 bits per heavy atom. The van der Waals surface area contributed by atoms with Crippen LogP contribution in [0.2, 0.25) is 0 Å². The molecule has 0 N–H and O–H groups in total. The van der Waals surface area contributed by atoms with Crippen molar-refractivity contribution in [3.8, 4) is 0 Å². The Bertz CT molecular complexity index is 263. The lowest BCUT2D eigenvalue weighted by molar-refractivity contribution is -0.133. The van der Waals surface area contributed by atoms with Crippen molar-refractivity contribution in [2.45, 2.75) is 33.6 Å². The summed E-state index contributed by atoms with van der Waals surface area (Å²) >= 11 is 0. The van der Waals surface area contributed by atoms with Crippen LogP contribution in [0, 0.1) is 5.41 Å². The third-order valence-electron chi connectivity index (χ3n) is 3.15. The largest absolute Gasteiger partial charge is 0.340 e. The number of aldehydes is 1. The van der Waals surface area contributed by atoms with Crippen molar-refractivity contribution in [1.29, 1.82) is 0 Å². The molecule has 1 fully saturated rings. The maximum Gasteiger partial charge on any atom is 0.222 e. The number of piperazine rings is 1. The van der Waals surface area contributed by atoms with Gasteiger partial charge in [-0.15, -0.1) is 0 Å². The number of hydrogen-bond donors (Lipinski definition) is 0. The zero-order valence-electron chi connectivity index (χ0n) is 11.2. The molecule has 4 heteroatoms. The molecule has 0 aromatic heterocycles. The van der Waals surface area contributed by atoms with E-state index in [0.717, 1.165) is 38.9 Å². The van der Waals surface area contributed by atoms with Gasteiger partial charge in [0.1, 0.15) is 6.29 Å². The summed E-state index contributed by atoms with van der Waals surface area (Å²) in [6.45, 7) is 10.1. The summed E-state index contributed by atoms with van der Waals surface area (Å²) in [5.41, 5.74) is 0.217. The quantitative estimate of drug-likeness (QED) is 0.692. The standard InChI is InChI=1S/C13H24N2O2/c1-13(2,3)5-4-12(17)15-8-6-14(7-9-15)10-11-16/h11H,4-10H2,1-3H3. The number of rotatable bonds is 4. The van der Waals surface area contributed by atoms with E-state index < -0.39 is 0 Å². The van der Waals surface area contributed by atoms with E-state index in [9.17, 15) is 9.59 Å². The van der Waals surface area contributed by atoms with Gasteiger partial charge in [-0.05, 0) is 11.8 Å². The molecule has 98 valence electrons. The fourth-order valence-corrected chi connectivity index (χ4v) is 1.93. The van der Waals surface area contributed by atoms with Crippen molar-refractivity contribution < 1.29 is 9.59 Å². The molecule has 4 nitrogen and oxygen atoms in total. The molecule has 0 aromatic carbocycles. The minimum atomic E-state index is 0.217. The van der Waals surface area contributed by atoms with Crippen molar-refractivity contribution in [3.05, 3.63) is 0 Å². The van der Waals surface area contributed by atoms with Crippen molar-refractivity contribution in [2.24, 2.45) is 5.41 Å². The van der Waals surface area contributed by atoms with Crippen LogP contribution in [0.1, 0.15) is 33.6 Å². The lowest BCUT2D eigenvalue weighted by Gasteiger charge is -2.34. The topological polar surface area (TPSA) is 40.6 Å². The fourth-order valence-electron chi connectivity index (χ4n) is 1.93. The minimum absolute atomic E-state index is 0.217.